The maximum absolute atomic E-state index is 5.35. The summed E-state index contributed by atoms with van der Waals surface area (Å²) < 4.78 is 0. The average molecular weight is 812 g/mol. The van der Waals surface area contributed by atoms with E-state index in [1.807, 2.05) is 0 Å². The molecule has 0 bridgehead atoms. The van der Waals surface area contributed by atoms with Gasteiger partial charge in [-0.15, -0.1) is 0 Å². The predicted octanol–water partition coefficient (Wildman–Crippen LogP) is 14.6. The summed E-state index contributed by atoms with van der Waals surface area (Å²) in [7, 11) is 0. The van der Waals surface area contributed by atoms with Crippen molar-refractivity contribution in [1.82, 2.24) is 10.2 Å². The van der Waals surface area contributed by atoms with Gasteiger partial charge < -0.3 is 10.2 Å². The summed E-state index contributed by atoms with van der Waals surface area (Å²) in [4.78, 5) is 7.86. The van der Waals surface area contributed by atoms with Gasteiger partial charge in [0.25, 0.3) is 0 Å². The molecule has 4 aliphatic rings. The van der Waals surface area contributed by atoms with Gasteiger partial charge in [0.05, 0.1) is 23.5 Å². The molecule has 0 spiro atoms. The lowest BCUT2D eigenvalue weighted by molar-refractivity contribution is 0.491. The van der Waals surface area contributed by atoms with Gasteiger partial charge in [-0.05, 0) is 87.4 Å². The molecule has 3 aliphatic heterocycles. The van der Waals surface area contributed by atoms with Crippen molar-refractivity contribution in [2.75, 3.05) is 0 Å². The molecule has 7 aromatic carbocycles. The first-order valence-electron chi connectivity index (χ1n) is 22.4. The molecule has 3 heteroatoms. The highest BCUT2D eigenvalue weighted by atomic mass is 15.2. The Hall–Kier alpha value is -7.49. The van der Waals surface area contributed by atoms with Crippen molar-refractivity contribution in [2.24, 2.45) is 10.9 Å². The number of rotatable bonds is 8. The zero-order valence-corrected chi connectivity index (χ0v) is 35.4. The van der Waals surface area contributed by atoms with Crippen LogP contribution in [-0.4, -0.2) is 10.7 Å². The standard InChI is InChI=1S/C60H49N3/c1-41-29-38-52(45-19-8-3-9-20-45)59-54-28-15-14-27-53(54)57(58(63(41)59)48-21-10-4-11-22-48)51-26-16-25-50(39-51)44-32-36-47(37-33-44)56-40-55(61-60(62-56)49-23-12-5-13-24-49)46-34-30-43(31-35-46)42-17-6-2-7-18-42/h2-19,21-28,30-37,39,45,55-56H,1,20,29,38,40H2,(H,61,62). The van der Waals surface area contributed by atoms with Crippen LogP contribution in [0, 0.1) is 5.92 Å². The summed E-state index contributed by atoms with van der Waals surface area (Å²) in [6.07, 6.45) is 12.9. The van der Waals surface area contributed by atoms with Crippen molar-refractivity contribution in [2.45, 2.75) is 37.8 Å². The van der Waals surface area contributed by atoms with Crippen LogP contribution in [0.3, 0.4) is 0 Å². The second kappa shape index (κ2) is 16.8. The summed E-state index contributed by atoms with van der Waals surface area (Å²) in [5, 5.41) is 3.81. The molecule has 11 rings (SSSR count). The van der Waals surface area contributed by atoms with Crippen LogP contribution in [0.4, 0.5) is 0 Å². The summed E-state index contributed by atoms with van der Waals surface area (Å²) in [5.41, 5.74) is 19.7. The Morgan fingerprint density at radius 3 is 1.79 bits per heavy atom. The van der Waals surface area contributed by atoms with Crippen molar-refractivity contribution in [1.29, 1.82) is 0 Å². The van der Waals surface area contributed by atoms with Gasteiger partial charge in [0.2, 0.25) is 0 Å². The van der Waals surface area contributed by atoms with Crippen LogP contribution in [0.2, 0.25) is 0 Å². The lowest BCUT2D eigenvalue weighted by atomic mass is 9.77. The molecule has 0 amide bonds. The van der Waals surface area contributed by atoms with E-state index in [0.717, 1.165) is 42.8 Å². The van der Waals surface area contributed by atoms with E-state index < -0.39 is 0 Å². The third-order valence-corrected chi connectivity index (χ3v) is 13.2. The van der Waals surface area contributed by atoms with E-state index in [1.165, 1.54) is 78.2 Å². The maximum atomic E-state index is 5.35. The predicted molar refractivity (Wildman–Crippen MR) is 262 cm³/mol. The lowest BCUT2D eigenvalue weighted by Crippen LogP contribution is -2.34. The van der Waals surface area contributed by atoms with E-state index in [-0.39, 0.29) is 12.1 Å². The molecular weight excluding hydrogens is 763 g/mol. The van der Waals surface area contributed by atoms with Crippen molar-refractivity contribution < 1.29 is 0 Å². The molecule has 0 radical (unpaired) electrons. The van der Waals surface area contributed by atoms with E-state index in [9.17, 15) is 0 Å². The second-order valence-electron chi connectivity index (χ2n) is 17.0. The normalized spacial score (nSPS) is 19.3. The fourth-order valence-electron chi connectivity index (χ4n) is 10.1. The zero-order valence-electron chi connectivity index (χ0n) is 35.4. The maximum Gasteiger partial charge on any atom is 0.129 e. The quantitative estimate of drug-likeness (QED) is 0.166. The van der Waals surface area contributed by atoms with Gasteiger partial charge in [-0.3, -0.25) is 4.99 Å². The highest BCUT2D eigenvalue weighted by Crippen LogP contribution is 2.53. The molecule has 7 aromatic rings. The minimum atomic E-state index is 0.00266. The first kappa shape index (κ1) is 38.4. The molecule has 3 unspecified atom stereocenters. The van der Waals surface area contributed by atoms with Crippen molar-refractivity contribution in [3.8, 4) is 22.3 Å². The number of nitrogens with one attached hydrogen (secondary N) is 1. The first-order chi connectivity index (χ1) is 31.2. The smallest absolute Gasteiger partial charge is 0.129 e. The number of nitrogens with zero attached hydrogens (tertiary/aromatic N) is 2. The van der Waals surface area contributed by atoms with Gasteiger partial charge in [-0.25, -0.2) is 0 Å². The van der Waals surface area contributed by atoms with Crippen LogP contribution in [0.5, 0.6) is 0 Å². The van der Waals surface area contributed by atoms with Crippen LogP contribution < -0.4 is 5.32 Å². The molecular formula is C60H49N3. The summed E-state index contributed by atoms with van der Waals surface area (Å²) in [6, 6.07) is 68.5. The van der Waals surface area contributed by atoms with E-state index in [1.54, 1.807) is 0 Å². The van der Waals surface area contributed by atoms with Crippen LogP contribution >= 0.6 is 0 Å². The molecule has 3 nitrogen and oxygen atoms in total. The largest absolute Gasteiger partial charge is 0.363 e. The molecule has 1 aliphatic carbocycles. The minimum Gasteiger partial charge on any atom is -0.363 e. The van der Waals surface area contributed by atoms with E-state index in [0.29, 0.717) is 5.92 Å². The SMILES string of the molecule is C=C1CCC(C2C=CC=CC2)=C2c3ccccc3C(c3cccc(-c4ccc(C5CC(c6ccc(-c7ccccc7)cc6)NC(c6ccccc6)=N5)cc4)c3)=C(c3ccccc3)N12. The number of amidine groups is 1. The zero-order chi connectivity index (χ0) is 42.1. The summed E-state index contributed by atoms with van der Waals surface area (Å²) in [6.45, 7) is 4.74. The Kier molecular flexibility index (Phi) is 10.2. The van der Waals surface area contributed by atoms with Gasteiger partial charge in [0, 0.05) is 28.3 Å². The third kappa shape index (κ3) is 7.40. The number of hydrogen-bond acceptors (Lipinski definition) is 3. The van der Waals surface area contributed by atoms with Crippen molar-refractivity contribution in [3.05, 3.63) is 269 Å². The second-order valence-corrected chi connectivity index (χ2v) is 17.0. The Balaban J connectivity index is 0.961. The molecule has 0 saturated heterocycles. The van der Waals surface area contributed by atoms with Crippen molar-refractivity contribution in [3.63, 3.8) is 0 Å². The number of fused-ring (bicyclic) bond motifs is 3. The number of allylic oxidation sites excluding steroid dienone is 6. The lowest BCUT2D eigenvalue weighted by Gasteiger charge is -2.44. The molecule has 304 valence electrons. The number of hydrogen-bond donors (Lipinski definition) is 1. The van der Waals surface area contributed by atoms with Crippen LogP contribution in [0.15, 0.2) is 235 Å². The molecule has 0 saturated carbocycles. The van der Waals surface area contributed by atoms with Gasteiger partial charge in [-0.1, -0.05) is 213 Å². The van der Waals surface area contributed by atoms with Gasteiger partial charge in [-0.2, -0.15) is 0 Å². The fraction of sp³-hybridized carbons (Fsp3) is 0.117. The summed E-state index contributed by atoms with van der Waals surface area (Å²) >= 11 is 0. The summed E-state index contributed by atoms with van der Waals surface area (Å²) in [5.74, 6) is 1.31. The Bertz CT molecular complexity index is 2970. The first-order valence-corrected chi connectivity index (χ1v) is 22.4. The Morgan fingerprint density at radius 1 is 0.508 bits per heavy atom. The van der Waals surface area contributed by atoms with Crippen molar-refractivity contribution >= 4 is 22.8 Å². The Morgan fingerprint density at radius 2 is 1.10 bits per heavy atom. The number of benzene rings is 7. The van der Waals surface area contributed by atoms with Crippen LogP contribution in [0.1, 0.15) is 76.7 Å². The van der Waals surface area contributed by atoms with Gasteiger partial charge >= 0.3 is 0 Å². The minimum absolute atomic E-state index is 0.00266. The van der Waals surface area contributed by atoms with E-state index in [2.05, 4.69) is 223 Å². The van der Waals surface area contributed by atoms with Gasteiger partial charge in [0.15, 0.2) is 0 Å². The highest BCUT2D eigenvalue weighted by molar-refractivity contribution is 6.07. The molecule has 1 N–H and O–H groups in total. The van der Waals surface area contributed by atoms with E-state index in [4.69, 9.17) is 11.6 Å². The van der Waals surface area contributed by atoms with E-state index >= 15 is 0 Å². The molecule has 63 heavy (non-hydrogen) atoms. The topological polar surface area (TPSA) is 27.6 Å². The van der Waals surface area contributed by atoms with Crippen LogP contribution in [0.25, 0.3) is 39.2 Å². The van der Waals surface area contributed by atoms with Crippen LogP contribution in [-0.2, 0) is 0 Å². The molecule has 3 atom stereocenters. The monoisotopic (exact) mass is 811 g/mol. The molecule has 3 heterocycles. The fourth-order valence-corrected chi connectivity index (χ4v) is 10.1. The third-order valence-electron chi connectivity index (χ3n) is 13.2. The Labute approximate surface area is 371 Å². The highest BCUT2D eigenvalue weighted by Gasteiger charge is 2.37. The average Bonchev–Trinajstić information content (AvgIpc) is 3.37. The van der Waals surface area contributed by atoms with Gasteiger partial charge in [0.1, 0.15) is 5.84 Å². The molecule has 0 aromatic heterocycles. The molecule has 0 fully saturated rings. The number of aliphatic imine (C=N–C) groups is 1.